The van der Waals surface area contributed by atoms with Gasteiger partial charge in [-0.15, -0.1) is 0 Å². The highest BCUT2D eigenvalue weighted by molar-refractivity contribution is 7.70. The van der Waals surface area contributed by atoms with Gasteiger partial charge in [-0.3, -0.25) is 4.90 Å². The van der Waals surface area contributed by atoms with E-state index in [1.54, 1.807) is 13.2 Å². The van der Waals surface area contributed by atoms with E-state index in [2.05, 4.69) is 56.3 Å². The summed E-state index contributed by atoms with van der Waals surface area (Å²) in [4.78, 5) is 15.6. The number of anilines is 5. The number of ether oxygens (including phenoxy) is 3. The number of likely N-dealkylation sites (N-methyl/N-ethyl adjacent to an activating group) is 1. The lowest BCUT2D eigenvalue weighted by Gasteiger charge is -2.49. The molecule has 0 atom stereocenters. The predicted octanol–water partition coefficient (Wildman–Crippen LogP) is 5.79. The Hall–Kier alpha value is -3.74. The molecule has 3 aliphatic heterocycles. The summed E-state index contributed by atoms with van der Waals surface area (Å²) in [6, 6.07) is 8.26. The zero-order chi connectivity index (χ0) is 35.1. The van der Waals surface area contributed by atoms with Crippen LogP contribution in [-0.4, -0.2) is 106 Å². The highest BCUT2D eigenvalue weighted by Gasteiger charge is 2.37. The van der Waals surface area contributed by atoms with E-state index < -0.39 is 24.7 Å². The Morgan fingerprint density at radius 1 is 1.06 bits per heavy atom. The summed E-state index contributed by atoms with van der Waals surface area (Å²) in [6.07, 6.45) is -1.12. The fraction of sp³-hybridized carbons (Fsp3) is 0.529. The van der Waals surface area contributed by atoms with Crippen LogP contribution in [0.5, 0.6) is 17.2 Å². The van der Waals surface area contributed by atoms with E-state index in [9.17, 15) is 17.7 Å². The van der Waals surface area contributed by atoms with Gasteiger partial charge >= 0.3 is 6.18 Å². The standard InChI is InChI=1S/C34H45F3N7O4P/c1-7-21-16-26(29(46-4)17-27(21)43-12-10-22(11-13-43)44-19-23(20-44)42(2)3)40-33-38-18-24(34(35,36)37)32(41-33)39-25-8-9-28-30(48-15-14-47-28)31(25)49(5,6)45/h8-9,16-18,22-23H,7,10-15,19-20H2,1-6H3,(H2,38,39,40,41). The number of fused-ring (bicyclic) bond motifs is 1. The fourth-order valence-electron chi connectivity index (χ4n) is 6.77. The molecule has 2 fully saturated rings. The fourth-order valence-corrected chi connectivity index (χ4v) is 8.15. The molecule has 0 aliphatic carbocycles. The molecule has 0 radical (unpaired) electrons. The molecule has 0 saturated carbocycles. The number of hydrogen-bond donors (Lipinski definition) is 2. The largest absolute Gasteiger partial charge is 0.494 e. The minimum absolute atomic E-state index is 0.0646. The lowest BCUT2D eigenvalue weighted by Crippen LogP contribution is -2.62. The SMILES string of the molecule is CCc1cc(Nc2ncc(C(F)(F)F)c(Nc3ccc4c(c3P(C)(C)=O)OCCO4)n2)c(OC)cc1N1CCC(N2CC(N(C)C)C2)CC1. The van der Waals surface area contributed by atoms with E-state index in [-0.39, 0.29) is 29.3 Å². The number of piperidine rings is 1. The number of aromatic nitrogens is 2. The van der Waals surface area contributed by atoms with Crippen LogP contribution in [0, 0.1) is 0 Å². The summed E-state index contributed by atoms with van der Waals surface area (Å²) < 4.78 is 73.3. The Morgan fingerprint density at radius 2 is 1.78 bits per heavy atom. The van der Waals surface area contributed by atoms with Crippen LogP contribution >= 0.6 is 7.14 Å². The number of benzene rings is 2. The molecule has 3 aliphatic rings. The monoisotopic (exact) mass is 703 g/mol. The number of likely N-dealkylation sites (tertiary alicyclic amines) is 1. The van der Waals surface area contributed by atoms with Crippen LogP contribution in [0.15, 0.2) is 30.5 Å². The van der Waals surface area contributed by atoms with Crippen molar-refractivity contribution < 1.29 is 31.9 Å². The minimum atomic E-state index is -4.76. The van der Waals surface area contributed by atoms with E-state index in [4.69, 9.17) is 14.2 Å². The van der Waals surface area contributed by atoms with Crippen molar-refractivity contribution >= 4 is 41.3 Å². The number of nitrogens with zero attached hydrogens (tertiary/aromatic N) is 5. The van der Waals surface area contributed by atoms with Crippen LogP contribution in [0.3, 0.4) is 0 Å². The zero-order valence-electron chi connectivity index (χ0n) is 28.9. The number of halogens is 3. The summed E-state index contributed by atoms with van der Waals surface area (Å²) in [5.41, 5.74) is 1.80. The Kier molecular flexibility index (Phi) is 9.94. The molecule has 11 nitrogen and oxygen atoms in total. The normalized spacial score (nSPS) is 17.6. The highest BCUT2D eigenvalue weighted by atomic mass is 31.2. The first-order valence-electron chi connectivity index (χ1n) is 16.6. The molecule has 2 saturated heterocycles. The number of nitrogens with one attached hydrogen (secondary N) is 2. The van der Waals surface area contributed by atoms with Gasteiger partial charge in [0.1, 0.15) is 37.5 Å². The van der Waals surface area contributed by atoms with Crippen molar-refractivity contribution in [2.75, 3.05) is 89.5 Å². The quantitative estimate of drug-likeness (QED) is 0.251. The first-order valence-corrected chi connectivity index (χ1v) is 19.2. The van der Waals surface area contributed by atoms with Crippen molar-refractivity contribution in [3.05, 3.63) is 41.6 Å². The molecule has 15 heteroatoms. The molecule has 0 spiro atoms. The van der Waals surface area contributed by atoms with E-state index in [1.165, 1.54) is 19.4 Å². The van der Waals surface area contributed by atoms with Crippen molar-refractivity contribution in [2.45, 2.75) is 44.4 Å². The number of methoxy groups -OCH3 is 1. The topological polar surface area (TPSA) is 104 Å². The third kappa shape index (κ3) is 7.41. The summed E-state index contributed by atoms with van der Waals surface area (Å²) in [7, 11) is 2.78. The van der Waals surface area contributed by atoms with Gasteiger partial charge in [0, 0.05) is 56.2 Å². The average Bonchev–Trinajstić information content (AvgIpc) is 3.03. The minimum Gasteiger partial charge on any atom is -0.494 e. The van der Waals surface area contributed by atoms with Gasteiger partial charge in [-0.1, -0.05) is 6.92 Å². The number of alkyl halides is 3. The molecule has 1 aromatic heterocycles. The highest BCUT2D eigenvalue weighted by Crippen LogP contribution is 2.47. The Labute approximate surface area is 285 Å². The second kappa shape index (κ2) is 13.9. The van der Waals surface area contributed by atoms with Crippen LogP contribution < -0.4 is 35.0 Å². The molecule has 49 heavy (non-hydrogen) atoms. The van der Waals surface area contributed by atoms with Crippen LogP contribution in [-0.2, 0) is 17.2 Å². The van der Waals surface area contributed by atoms with Crippen LogP contribution in [0.2, 0.25) is 0 Å². The lowest BCUT2D eigenvalue weighted by molar-refractivity contribution is -0.137. The predicted molar refractivity (Wildman–Crippen MR) is 187 cm³/mol. The molecular weight excluding hydrogens is 658 g/mol. The third-order valence-electron chi connectivity index (χ3n) is 9.54. The van der Waals surface area contributed by atoms with Gasteiger partial charge < -0.3 is 39.2 Å². The second-order valence-corrected chi connectivity index (χ2v) is 16.5. The Balaban J connectivity index is 1.26. The van der Waals surface area contributed by atoms with Crippen molar-refractivity contribution in [1.29, 1.82) is 0 Å². The lowest BCUT2D eigenvalue weighted by atomic mass is 9.96. The van der Waals surface area contributed by atoms with Gasteiger partial charge in [0.15, 0.2) is 11.5 Å². The van der Waals surface area contributed by atoms with Crippen LogP contribution in [0.25, 0.3) is 0 Å². The van der Waals surface area contributed by atoms with E-state index in [0.717, 1.165) is 62.9 Å². The zero-order valence-corrected chi connectivity index (χ0v) is 29.8. The Morgan fingerprint density at radius 3 is 2.41 bits per heavy atom. The molecule has 0 unspecified atom stereocenters. The molecule has 0 bridgehead atoms. The average molecular weight is 704 g/mol. The summed E-state index contributed by atoms with van der Waals surface area (Å²) in [5.74, 6) is 0.605. The van der Waals surface area contributed by atoms with Gasteiger partial charge in [0.05, 0.1) is 23.8 Å². The maximum Gasteiger partial charge on any atom is 0.421 e. The summed E-state index contributed by atoms with van der Waals surface area (Å²) >= 11 is 0. The molecule has 6 rings (SSSR count). The van der Waals surface area contributed by atoms with Gasteiger partial charge in [-0.25, -0.2) is 4.98 Å². The van der Waals surface area contributed by atoms with Gasteiger partial charge in [-0.2, -0.15) is 18.2 Å². The maximum absolute atomic E-state index is 14.2. The molecule has 2 aromatic carbocycles. The van der Waals surface area contributed by atoms with E-state index in [1.807, 2.05) is 12.1 Å². The van der Waals surface area contributed by atoms with E-state index in [0.29, 0.717) is 35.9 Å². The van der Waals surface area contributed by atoms with Crippen molar-refractivity contribution in [3.8, 4) is 17.2 Å². The summed E-state index contributed by atoms with van der Waals surface area (Å²) in [5, 5.41) is 6.15. The van der Waals surface area contributed by atoms with Crippen LogP contribution in [0.1, 0.15) is 30.9 Å². The number of hydrogen-bond acceptors (Lipinski definition) is 11. The smallest absolute Gasteiger partial charge is 0.421 e. The number of rotatable bonds is 10. The molecular formula is C34H45F3N7O4P. The first kappa shape index (κ1) is 35.1. The van der Waals surface area contributed by atoms with Crippen LogP contribution in [0.4, 0.5) is 42.0 Å². The Bertz CT molecular complexity index is 1720. The first-order chi connectivity index (χ1) is 23.3. The maximum atomic E-state index is 14.2. The molecule has 0 amide bonds. The van der Waals surface area contributed by atoms with Crippen molar-refractivity contribution in [1.82, 2.24) is 19.8 Å². The van der Waals surface area contributed by atoms with Gasteiger partial charge in [0.25, 0.3) is 0 Å². The second-order valence-electron chi connectivity index (χ2n) is 13.4. The third-order valence-corrected chi connectivity index (χ3v) is 11.1. The molecule has 4 heterocycles. The molecule has 2 N–H and O–H groups in total. The van der Waals surface area contributed by atoms with E-state index >= 15 is 0 Å². The number of aryl methyl sites for hydroxylation is 1. The van der Waals surface area contributed by atoms with Crippen molar-refractivity contribution in [3.63, 3.8) is 0 Å². The van der Waals surface area contributed by atoms with Crippen molar-refractivity contribution in [2.24, 2.45) is 0 Å². The summed E-state index contributed by atoms with van der Waals surface area (Å²) in [6.45, 7) is 9.76. The molecule has 3 aromatic rings. The van der Waals surface area contributed by atoms with Gasteiger partial charge in [0.2, 0.25) is 5.95 Å². The van der Waals surface area contributed by atoms with Gasteiger partial charge in [-0.05, 0) is 70.5 Å². The molecule has 266 valence electrons.